The average molecular weight is 334 g/mol. The van der Waals surface area contributed by atoms with Crippen LogP contribution in [0.25, 0.3) is 0 Å². The standard InChI is InChI=1S/C17H20ClN3O2/c1-12-5-4-8-19-15(12)10-20-17(22)21-11-16(23-2)13-6-3-7-14(18)9-13/h3-9,16H,10-11H2,1-2H3,(H2,20,21,22). The predicted molar refractivity (Wildman–Crippen MR) is 90.4 cm³/mol. The number of urea groups is 1. The van der Waals surface area contributed by atoms with Gasteiger partial charge in [-0.15, -0.1) is 0 Å². The number of ether oxygens (including phenoxy) is 1. The van der Waals surface area contributed by atoms with Crippen molar-refractivity contribution < 1.29 is 9.53 Å². The number of benzene rings is 1. The van der Waals surface area contributed by atoms with Crippen molar-refractivity contribution in [1.29, 1.82) is 0 Å². The molecule has 0 fully saturated rings. The summed E-state index contributed by atoms with van der Waals surface area (Å²) in [5, 5.41) is 6.22. The Hall–Kier alpha value is -2.11. The van der Waals surface area contributed by atoms with Gasteiger partial charge in [-0.2, -0.15) is 0 Å². The number of methoxy groups -OCH3 is 1. The first kappa shape index (κ1) is 17.2. The van der Waals surface area contributed by atoms with E-state index in [1.807, 2.05) is 37.3 Å². The van der Waals surface area contributed by atoms with Gasteiger partial charge in [0.15, 0.2) is 0 Å². The van der Waals surface area contributed by atoms with Crippen LogP contribution in [0.5, 0.6) is 0 Å². The number of rotatable bonds is 6. The van der Waals surface area contributed by atoms with Crippen LogP contribution in [0.4, 0.5) is 4.79 Å². The maximum Gasteiger partial charge on any atom is 0.315 e. The van der Waals surface area contributed by atoms with Gasteiger partial charge in [-0.25, -0.2) is 4.79 Å². The molecule has 0 saturated carbocycles. The van der Waals surface area contributed by atoms with E-state index in [4.69, 9.17) is 16.3 Å². The van der Waals surface area contributed by atoms with Gasteiger partial charge in [-0.3, -0.25) is 4.98 Å². The molecule has 2 amide bonds. The topological polar surface area (TPSA) is 63.2 Å². The summed E-state index contributed by atoms with van der Waals surface area (Å²) >= 11 is 5.98. The minimum absolute atomic E-state index is 0.254. The number of aryl methyl sites for hydroxylation is 1. The van der Waals surface area contributed by atoms with Crippen LogP contribution >= 0.6 is 11.6 Å². The van der Waals surface area contributed by atoms with E-state index in [9.17, 15) is 4.79 Å². The van der Waals surface area contributed by atoms with Crippen molar-refractivity contribution in [3.63, 3.8) is 0 Å². The fourth-order valence-electron chi connectivity index (χ4n) is 2.16. The molecule has 0 bridgehead atoms. The van der Waals surface area contributed by atoms with Crippen molar-refractivity contribution in [3.8, 4) is 0 Å². The number of nitrogens with one attached hydrogen (secondary N) is 2. The van der Waals surface area contributed by atoms with Crippen LogP contribution in [0, 0.1) is 6.92 Å². The Morgan fingerprint density at radius 2 is 2.13 bits per heavy atom. The van der Waals surface area contributed by atoms with Gasteiger partial charge in [0.1, 0.15) is 0 Å². The highest BCUT2D eigenvalue weighted by Crippen LogP contribution is 2.19. The molecule has 2 aromatic rings. The fourth-order valence-corrected chi connectivity index (χ4v) is 2.36. The van der Waals surface area contributed by atoms with Crippen molar-refractivity contribution >= 4 is 17.6 Å². The van der Waals surface area contributed by atoms with E-state index in [1.54, 1.807) is 19.4 Å². The molecule has 1 heterocycles. The molecule has 0 aliphatic carbocycles. The highest BCUT2D eigenvalue weighted by atomic mass is 35.5. The Morgan fingerprint density at radius 1 is 1.30 bits per heavy atom. The number of carbonyl (C=O) groups excluding carboxylic acids is 1. The van der Waals surface area contributed by atoms with E-state index in [2.05, 4.69) is 15.6 Å². The molecular formula is C17H20ClN3O2. The maximum absolute atomic E-state index is 11.9. The zero-order chi connectivity index (χ0) is 16.7. The van der Waals surface area contributed by atoms with Gasteiger partial charge in [-0.05, 0) is 36.2 Å². The first-order chi connectivity index (χ1) is 11.1. The molecule has 0 radical (unpaired) electrons. The number of carbonyl (C=O) groups is 1. The van der Waals surface area contributed by atoms with E-state index < -0.39 is 0 Å². The molecule has 5 nitrogen and oxygen atoms in total. The smallest absolute Gasteiger partial charge is 0.315 e. The maximum atomic E-state index is 11.9. The molecule has 0 aliphatic heterocycles. The summed E-state index contributed by atoms with van der Waals surface area (Å²) in [4.78, 5) is 16.2. The number of hydrogen-bond donors (Lipinski definition) is 2. The van der Waals surface area contributed by atoms with Crippen LogP contribution in [0.1, 0.15) is 22.9 Å². The minimum atomic E-state index is -0.265. The Balaban J connectivity index is 1.84. The zero-order valence-corrected chi connectivity index (χ0v) is 13.9. The summed E-state index contributed by atoms with van der Waals surface area (Å²) in [5.74, 6) is 0. The Morgan fingerprint density at radius 3 is 2.83 bits per heavy atom. The third-order valence-corrected chi connectivity index (χ3v) is 3.72. The molecule has 1 aromatic carbocycles. The predicted octanol–water partition coefficient (Wildman–Crippen LogP) is 3.23. The number of pyridine rings is 1. The van der Waals surface area contributed by atoms with Crippen molar-refractivity contribution in [2.24, 2.45) is 0 Å². The van der Waals surface area contributed by atoms with E-state index in [1.165, 1.54) is 0 Å². The van der Waals surface area contributed by atoms with Gasteiger partial charge in [0.25, 0.3) is 0 Å². The molecular weight excluding hydrogens is 314 g/mol. The van der Waals surface area contributed by atoms with Crippen molar-refractivity contribution in [2.45, 2.75) is 19.6 Å². The van der Waals surface area contributed by atoms with Gasteiger partial charge in [0, 0.05) is 24.9 Å². The summed E-state index contributed by atoms with van der Waals surface area (Å²) in [6.45, 7) is 2.69. The summed E-state index contributed by atoms with van der Waals surface area (Å²) in [5.41, 5.74) is 2.81. The second-order valence-corrected chi connectivity index (χ2v) is 5.55. The lowest BCUT2D eigenvalue weighted by atomic mass is 10.1. The average Bonchev–Trinajstić information content (AvgIpc) is 2.55. The van der Waals surface area contributed by atoms with Crippen molar-refractivity contribution in [2.75, 3.05) is 13.7 Å². The van der Waals surface area contributed by atoms with Gasteiger partial charge in [0.2, 0.25) is 0 Å². The van der Waals surface area contributed by atoms with Crippen molar-refractivity contribution in [1.82, 2.24) is 15.6 Å². The second kappa shape index (κ2) is 8.50. The number of halogens is 1. The molecule has 1 aromatic heterocycles. The van der Waals surface area contributed by atoms with Crippen LogP contribution in [0.2, 0.25) is 5.02 Å². The number of aromatic nitrogens is 1. The Bertz CT molecular complexity index is 664. The molecule has 122 valence electrons. The molecule has 1 atom stereocenters. The second-order valence-electron chi connectivity index (χ2n) is 5.11. The Kier molecular flexibility index (Phi) is 6.38. The zero-order valence-electron chi connectivity index (χ0n) is 13.2. The van der Waals surface area contributed by atoms with Crippen LogP contribution < -0.4 is 10.6 Å². The van der Waals surface area contributed by atoms with Crippen LogP contribution in [-0.4, -0.2) is 24.7 Å². The lowest BCUT2D eigenvalue weighted by Crippen LogP contribution is -2.38. The number of amides is 2. The van der Waals surface area contributed by atoms with Crippen LogP contribution in [0.3, 0.4) is 0 Å². The summed E-state index contributed by atoms with van der Waals surface area (Å²) in [6, 6.07) is 11.0. The van der Waals surface area contributed by atoms with Gasteiger partial charge in [-0.1, -0.05) is 29.8 Å². The lowest BCUT2D eigenvalue weighted by molar-refractivity contribution is 0.104. The first-order valence-electron chi connectivity index (χ1n) is 7.30. The Labute approximate surface area is 141 Å². The van der Waals surface area contributed by atoms with Crippen LogP contribution in [0.15, 0.2) is 42.6 Å². The highest BCUT2D eigenvalue weighted by Gasteiger charge is 2.12. The lowest BCUT2D eigenvalue weighted by Gasteiger charge is -2.17. The van der Waals surface area contributed by atoms with Gasteiger partial charge in [0.05, 0.1) is 18.3 Å². The highest BCUT2D eigenvalue weighted by molar-refractivity contribution is 6.30. The molecule has 0 aliphatic rings. The summed E-state index contributed by atoms with van der Waals surface area (Å²) in [7, 11) is 1.60. The van der Waals surface area contributed by atoms with E-state index in [0.717, 1.165) is 16.8 Å². The van der Waals surface area contributed by atoms with Crippen molar-refractivity contribution in [3.05, 3.63) is 64.4 Å². The summed E-state index contributed by atoms with van der Waals surface area (Å²) < 4.78 is 5.41. The third kappa shape index (κ3) is 5.23. The molecule has 0 spiro atoms. The largest absolute Gasteiger partial charge is 0.375 e. The monoisotopic (exact) mass is 333 g/mol. The van der Waals surface area contributed by atoms with Gasteiger partial charge < -0.3 is 15.4 Å². The summed E-state index contributed by atoms with van der Waals surface area (Å²) in [6.07, 6.45) is 1.46. The van der Waals surface area contributed by atoms with Crippen LogP contribution in [-0.2, 0) is 11.3 Å². The SMILES string of the molecule is COC(CNC(=O)NCc1ncccc1C)c1cccc(Cl)c1. The van der Waals surface area contributed by atoms with Gasteiger partial charge >= 0.3 is 6.03 Å². The minimum Gasteiger partial charge on any atom is -0.375 e. The molecule has 0 saturated heterocycles. The molecule has 2 N–H and O–H groups in total. The number of hydrogen-bond acceptors (Lipinski definition) is 3. The van der Waals surface area contributed by atoms with E-state index in [-0.39, 0.29) is 12.1 Å². The molecule has 23 heavy (non-hydrogen) atoms. The molecule has 6 heteroatoms. The normalized spacial score (nSPS) is 11.8. The molecule has 2 rings (SSSR count). The van der Waals surface area contributed by atoms with E-state index >= 15 is 0 Å². The number of nitrogens with zero attached hydrogens (tertiary/aromatic N) is 1. The quantitative estimate of drug-likeness (QED) is 0.853. The molecule has 1 unspecified atom stereocenters. The third-order valence-electron chi connectivity index (χ3n) is 3.49. The van der Waals surface area contributed by atoms with E-state index in [0.29, 0.717) is 18.1 Å². The fraction of sp³-hybridized carbons (Fsp3) is 0.294. The first-order valence-corrected chi connectivity index (χ1v) is 7.68.